The second kappa shape index (κ2) is 6.71. The lowest BCUT2D eigenvalue weighted by atomic mass is 10.2. The lowest BCUT2D eigenvalue weighted by Crippen LogP contribution is -2.18. The summed E-state index contributed by atoms with van der Waals surface area (Å²) in [5, 5.41) is 9.32. The number of ether oxygens (including phenoxy) is 1. The van der Waals surface area contributed by atoms with Crippen molar-refractivity contribution in [2.45, 2.75) is 20.4 Å². The van der Waals surface area contributed by atoms with Gasteiger partial charge in [0.25, 0.3) is 5.71 Å². The highest BCUT2D eigenvalue weighted by Crippen LogP contribution is 2.27. The second-order valence-electron chi connectivity index (χ2n) is 6.39. The van der Waals surface area contributed by atoms with Crippen molar-refractivity contribution < 1.29 is 9.26 Å². The first kappa shape index (κ1) is 17.0. The molecule has 0 radical (unpaired) electrons. The van der Waals surface area contributed by atoms with Crippen molar-refractivity contribution in [3.8, 4) is 11.4 Å². The van der Waals surface area contributed by atoms with Crippen LogP contribution in [0, 0.1) is 13.8 Å². The Morgan fingerprint density at radius 1 is 1.22 bits per heavy atom. The van der Waals surface area contributed by atoms with E-state index in [1.165, 1.54) is 0 Å². The van der Waals surface area contributed by atoms with Crippen molar-refractivity contribution >= 4 is 16.9 Å². The van der Waals surface area contributed by atoms with Crippen LogP contribution in [0.15, 0.2) is 41.2 Å². The molecule has 3 aromatic heterocycles. The first-order valence-corrected chi connectivity index (χ1v) is 8.55. The summed E-state index contributed by atoms with van der Waals surface area (Å²) >= 11 is 0. The minimum atomic E-state index is 0.508. The Morgan fingerprint density at radius 2 is 2.07 bits per heavy atom. The van der Waals surface area contributed by atoms with Gasteiger partial charge in [-0.15, -0.1) is 0 Å². The van der Waals surface area contributed by atoms with Crippen molar-refractivity contribution in [2.75, 3.05) is 19.1 Å². The largest absolute Gasteiger partial charge is 0.497 e. The Morgan fingerprint density at radius 3 is 2.89 bits per heavy atom. The fraction of sp³-hybridized carbons (Fsp3) is 0.263. The van der Waals surface area contributed by atoms with Crippen LogP contribution in [0.3, 0.4) is 0 Å². The highest BCUT2D eigenvalue weighted by molar-refractivity contribution is 5.88. The maximum absolute atomic E-state index is 5.30. The van der Waals surface area contributed by atoms with E-state index in [1.807, 2.05) is 67.1 Å². The van der Waals surface area contributed by atoms with Gasteiger partial charge in [-0.2, -0.15) is 10.1 Å². The van der Waals surface area contributed by atoms with Gasteiger partial charge in [0, 0.05) is 31.4 Å². The summed E-state index contributed by atoms with van der Waals surface area (Å²) in [6.07, 6.45) is 3.85. The van der Waals surface area contributed by atoms with E-state index in [1.54, 1.807) is 7.11 Å². The topological polar surface area (TPSA) is 82.1 Å². The Labute approximate surface area is 156 Å². The third-order valence-corrected chi connectivity index (χ3v) is 4.33. The lowest BCUT2D eigenvalue weighted by molar-refractivity contribution is 0.414. The third-order valence-electron chi connectivity index (χ3n) is 4.33. The van der Waals surface area contributed by atoms with Crippen LogP contribution < -0.4 is 9.64 Å². The van der Waals surface area contributed by atoms with E-state index in [4.69, 9.17) is 9.26 Å². The van der Waals surface area contributed by atoms with Gasteiger partial charge in [0.15, 0.2) is 0 Å². The van der Waals surface area contributed by atoms with Gasteiger partial charge in [0.2, 0.25) is 0 Å². The van der Waals surface area contributed by atoms with Crippen molar-refractivity contribution in [3.05, 3.63) is 53.7 Å². The summed E-state index contributed by atoms with van der Waals surface area (Å²) in [6.45, 7) is 4.37. The standard InChI is InChI=1S/C19H20N6O2/c1-12-17-18(21-13(2)22-19(17)27-23-12)24(3)10-14-9-20-25(11-14)15-6-5-7-16(8-15)26-4/h5-9,11H,10H2,1-4H3. The molecule has 1 aromatic carbocycles. The van der Waals surface area contributed by atoms with E-state index in [0.29, 0.717) is 18.1 Å². The number of hydrogen-bond donors (Lipinski definition) is 0. The highest BCUT2D eigenvalue weighted by atomic mass is 16.5. The number of anilines is 1. The summed E-state index contributed by atoms with van der Waals surface area (Å²) in [4.78, 5) is 11.0. The molecule has 0 N–H and O–H groups in total. The number of benzene rings is 1. The van der Waals surface area contributed by atoms with Crippen molar-refractivity contribution in [1.82, 2.24) is 24.9 Å². The fourth-order valence-corrected chi connectivity index (χ4v) is 3.03. The van der Waals surface area contributed by atoms with Gasteiger partial charge in [-0.25, -0.2) is 9.67 Å². The molecule has 138 valence electrons. The van der Waals surface area contributed by atoms with Gasteiger partial charge in [0.1, 0.15) is 22.8 Å². The third kappa shape index (κ3) is 3.21. The van der Waals surface area contributed by atoms with Crippen LogP contribution in [0.25, 0.3) is 16.8 Å². The second-order valence-corrected chi connectivity index (χ2v) is 6.39. The number of aryl methyl sites for hydroxylation is 2. The number of aromatic nitrogens is 5. The zero-order valence-corrected chi connectivity index (χ0v) is 15.7. The Balaban J connectivity index is 1.62. The maximum atomic E-state index is 5.30. The predicted molar refractivity (Wildman–Crippen MR) is 101 cm³/mol. The van der Waals surface area contributed by atoms with Crippen LogP contribution in [0.4, 0.5) is 5.82 Å². The first-order chi connectivity index (χ1) is 13.0. The summed E-state index contributed by atoms with van der Waals surface area (Å²) in [6, 6.07) is 7.78. The number of rotatable bonds is 5. The molecule has 0 aliphatic carbocycles. The molecular weight excluding hydrogens is 344 g/mol. The van der Waals surface area contributed by atoms with Crippen molar-refractivity contribution in [3.63, 3.8) is 0 Å². The quantitative estimate of drug-likeness (QED) is 0.538. The molecule has 0 fully saturated rings. The normalized spacial score (nSPS) is 11.1. The molecule has 0 amide bonds. The minimum absolute atomic E-state index is 0.508. The van der Waals surface area contributed by atoms with E-state index in [9.17, 15) is 0 Å². The number of hydrogen-bond acceptors (Lipinski definition) is 7. The Kier molecular flexibility index (Phi) is 4.23. The predicted octanol–water partition coefficient (Wildman–Crippen LogP) is 3.07. The fourth-order valence-electron chi connectivity index (χ4n) is 3.03. The number of nitrogens with zero attached hydrogens (tertiary/aromatic N) is 6. The average Bonchev–Trinajstić information content (AvgIpc) is 3.28. The smallest absolute Gasteiger partial charge is 0.263 e. The zero-order valence-electron chi connectivity index (χ0n) is 15.7. The highest BCUT2D eigenvalue weighted by Gasteiger charge is 2.17. The monoisotopic (exact) mass is 364 g/mol. The molecule has 0 saturated heterocycles. The van der Waals surface area contributed by atoms with Crippen LogP contribution in [-0.2, 0) is 6.54 Å². The minimum Gasteiger partial charge on any atom is -0.497 e. The van der Waals surface area contributed by atoms with Gasteiger partial charge in [-0.3, -0.25) is 0 Å². The molecule has 27 heavy (non-hydrogen) atoms. The summed E-state index contributed by atoms with van der Waals surface area (Å²) < 4.78 is 12.4. The van der Waals surface area contributed by atoms with Crippen molar-refractivity contribution in [1.29, 1.82) is 0 Å². The summed E-state index contributed by atoms with van der Waals surface area (Å²) in [7, 11) is 3.64. The molecule has 0 aliphatic heterocycles. The molecule has 0 atom stereocenters. The summed E-state index contributed by atoms with van der Waals surface area (Å²) in [5.41, 5.74) is 3.28. The number of fused-ring (bicyclic) bond motifs is 1. The van der Waals surface area contributed by atoms with Crippen LogP contribution in [0.2, 0.25) is 0 Å². The molecule has 3 heterocycles. The van der Waals surface area contributed by atoms with E-state index < -0.39 is 0 Å². The van der Waals surface area contributed by atoms with Crippen molar-refractivity contribution in [2.24, 2.45) is 0 Å². The molecule has 4 rings (SSSR count). The average molecular weight is 364 g/mol. The Hall–Kier alpha value is -3.42. The van der Waals surface area contributed by atoms with E-state index in [0.717, 1.165) is 33.9 Å². The zero-order chi connectivity index (χ0) is 19.0. The molecular formula is C19H20N6O2. The molecule has 0 saturated carbocycles. The van der Waals surface area contributed by atoms with E-state index >= 15 is 0 Å². The molecule has 0 bridgehead atoms. The van der Waals surface area contributed by atoms with E-state index in [2.05, 4.69) is 20.2 Å². The Bertz CT molecular complexity index is 1100. The van der Waals surface area contributed by atoms with Crippen LogP contribution >= 0.6 is 0 Å². The molecule has 4 aromatic rings. The molecule has 0 spiro atoms. The summed E-state index contributed by atoms with van der Waals surface area (Å²) in [5.74, 6) is 2.24. The van der Waals surface area contributed by atoms with Crippen LogP contribution in [0.5, 0.6) is 5.75 Å². The van der Waals surface area contributed by atoms with Gasteiger partial charge < -0.3 is 14.2 Å². The van der Waals surface area contributed by atoms with Gasteiger partial charge in [-0.05, 0) is 26.0 Å². The maximum Gasteiger partial charge on any atom is 0.263 e. The van der Waals surface area contributed by atoms with Crippen LogP contribution in [-0.4, -0.2) is 39.1 Å². The first-order valence-electron chi connectivity index (χ1n) is 8.55. The molecule has 0 aliphatic rings. The van der Waals surface area contributed by atoms with Crippen LogP contribution in [0.1, 0.15) is 17.1 Å². The van der Waals surface area contributed by atoms with Gasteiger partial charge >= 0.3 is 0 Å². The number of methoxy groups -OCH3 is 1. The molecule has 8 nitrogen and oxygen atoms in total. The van der Waals surface area contributed by atoms with Gasteiger partial charge in [0.05, 0.1) is 24.7 Å². The SMILES string of the molecule is COc1cccc(-n2cc(CN(C)c3nc(C)nc4onc(C)c34)cn2)c1. The molecule has 8 heteroatoms. The van der Waals surface area contributed by atoms with Gasteiger partial charge in [-0.1, -0.05) is 11.2 Å². The molecule has 0 unspecified atom stereocenters. The van der Waals surface area contributed by atoms with E-state index in [-0.39, 0.29) is 0 Å². The lowest BCUT2D eigenvalue weighted by Gasteiger charge is -2.18.